The Bertz CT molecular complexity index is 2430. The Hall–Kier alpha value is -5.79. The Kier molecular flexibility index (Phi) is 5.33. The van der Waals surface area contributed by atoms with E-state index in [-0.39, 0.29) is 0 Å². The molecule has 2 aliphatic rings. The second-order valence-electron chi connectivity index (χ2n) is 12.6. The molecule has 0 fully saturated rings. The average molecular weight is 584 g/mol. The van der Waals surface area contributed by atoms with Crippen LogP contribution in [0.3, 0.4) is 0 Å². The van der Waals surface area contributed by atoms with Gasteiger partial charge in [-0.05, 0) is 83.2 Å². The van der Waals surface area contributed by atoms with Crippen LogP contribution in [0, 0.1) is 0 Å². The number of nitrogens with zero attached hydrogens (tertiary/aromatic N) is 1. The summed E-state index contributed by atoms with van der Waals surface area (Å²) in [4.78, 5) is 5.37. The van der Waals surface area contributed by atoms with Crippen molar-refractivity contribution < 1.29 is 0 Å². The first-order chi connectivity index (χ1) is 22.8. The van der Waals surface area contributed by atoms with E-state index >= 15 is 0 Å². The molecule has 1 heteroatoms. The topological polar surface area (TPSA) is 12.9 Å². The maximum Gasteiger partial charge on any atom is 0.0750 e. The molecule has 214 valence electrons. The van der Waals surface area contributed by atoms with Crippen LogP contribution in [0.5, 0.6) is 0 Å². The Morgan fingerprint density at radius 3 is 1.63 bits per heavy atom. The number of fused-ring (bicyclic) bond motifs is 7. The molecule has 1 aromatic heterocycles. The van der Waals surface area contributed by atoms with Gasteiger partial charge in [0.05, 0.1) is 11.4 Å². The highest BCUT2D eigenvalue weighted by molar-refractivity contribution is 6.28. The van der Waals surface area contributed by atoms with Crippen molar-refractivity contribution in [3.8, 4) is 67.0 Å². The molecular formula is C45H29N. The summed E-state index contributed by atoms with van der Waals surface area (Å²) < 4.78 is 0. The van der Waals surface area contributed by atoms with Crippen molar-refractivity contribution in [1.82, 2.24) is 4.98 Å². The molecule has 46 heavy (non-hydrogen) atoms. The summed E-state index contributed by atoms with van der Waals surface area (Å²) in [7, 11) is 0. The van der Waals surface area contributed by atoms with Crippen molar-refractivity contribution in [3.05, 3.63) is 163 Å². The molecule has 0 bridgehead atoms. The predicted octanol–water partition coefficient (Wildman–Crippen LogP) is 12.2. The molecule has 7 aromatic carbocycles. The van der Waals surface area contributed by atoms with Crippen LogP contribution in [0.25, 0.3) is 88.6 Å². The standard InChI is InChI=1S/C45H29N/c1-27-30-17-8-11-20-36(30)45-31(27)25-26-39(46-45)32-23-24-38-42-33(32)21-12-22-37(42)43-40(28-13-4-2-5-14-28)34-18-9-10-19-35(34)41(44(38)43)29-15-6-3-7-16-29/h2-27H,1H3. The molecule has 1 nitrogen and oxygen atoms in total. The molecule has 0 N–H and O–H groups in total. The van der Waals surface area contributed by atoms with Gasteiger partial charge in [-0.2, -0.15) is 0 Å². The highest BCUT2D eigenvalue weighted by Gasteiger charge is 2.32. The molecule has 1 unspecified atom stereocenters. The van der Waals surface area contributed by atoms with Crippen LogP contribution >= 0.6 is 0 Å². The van der Waals surface area contributed by atoms with E-state index in [4.69, 9.17) is 4.98 Å². The van der Waals surface area contributed by atoms with Crippen LogP contribution in [0.15, 0.2) is 152 Å². The van der Waals surface area contributed by atoms with Crippen LogP contribution in [0.4, 0.5) is 0 Å². The van der Waals surface area contributed by atoms with Gasteiger partial charge in [-0.15, -0.1) is 0 Å². The molecule has 1 atom stereocenters. The Morgan fingerprint density at radius 1 is 0.391 bits per heavy atom. The molecule has 0 spiro atoms. The molecule has 0 amide bonds. The lowest BCUT2D eigenvalue weighted by Gasteiger charge is -2.20. The molecule has 0 radical (unpaired) electrons. The maximum absolute atomic E-state index is 5.37. The maximum atomic E-state index is 5.37. The molecular weight excluding hydrogens is 555 g/mol. The van der Waals surface area contributed by atoms with Gasteiger partial charge in [-0.1, -0.05) is 153 Å². The van der Waals surface area contributed by atoms with Gasteiger partial charge in [0, 0.05) is 17.0 Å². The van der Waals surface area contributed by atoms with E-state index in [2.05, 4.69) is 159 Å². The zero-order chi connectivity index (χ0) is 30.4. The summed E-state index contributed by atoms with van der Waals surface area (Å²) in [5.74, 6) is 0.358. The highest BCUT2D eigenvalue weighted by Crippen LogP contribution is 2.58. The molecule has 2 aliphatic carbocycles. The normalized spacial score (nSPS) is 14.0. The first-order valence-electron chi connectivity index (χ1n) is 16.1. The van der Waals surface area contributed by atoms with Crippen LogP contribution in [-0.4, -0.2) is 4.98 Å². The number of benzene rings is 7. The third-order valence-corrected chi connectivity index (χ3v) is 10.3. The lowest BCUT2D eigenvalue weighted by atomic mass is 9.82. The zero-order valence-corrected chi connectivity index (χ0v) is 25.5. The van der Waals surface area contributed by atoms with E-state index in [1.165, 1.54) is 88.3 Å². The first-order valence-corrected chi connectivity index (χ1v) is 16.1. The Balaban J connectivity index is 1.30. The Labute approximate surface area is 268 Å². The average Bonchev–Trinajstić information content (AvgIpc) is 3.60. The number of pyridine rings is 1. The lowest BCUT2D eigenvalue weighted by Crippen LogP contribution is -1.93. The van der Waals surface area contributed by atoms with Gasteiger partial charge in [0.1, 0.15) is 0 Å². The molecule has 10 rings (SSSR count). The fourth-order valence-corrected chi connectivity index (χ4v) is 8.28. The molecule has 0 saturated carbocycles. The van der Waals surface area contributed by atoms with E-state index in [0.717, 1.165) is 11.4 Å². The minimum Gasteiger partial charge on any atom is -0.247 e. The highest BCUT2D eigenvalue weighted by atomic mass is 14.7. The Morgan fingerprint density at radius 2 is 0.935 bits per heavy atom. The predicted molar refractivity (Wildman–Crippen MR) is 193 cm³/mol. The minimum absolute atomic E-state index is 0.358. The van der Waals surface area contributed by atoms with E-state index < -0.39 is 0 Å². The summed E-state index contributed by atoms with van der Waals surface area (Å²) in [5, 5.41) is 5.13. The van der Waals surface area contributed by atoms with E-state index in [1.54, 1.807) is 0 Å². The van der Waals surface area contributed by atoms with Crippen molar-refractivity contribution in [2.45, 2.75) is 12.8 Å². The zero-order valence-electron chi connectivity index (χ0n) is 25.5. The van der Waals surface area contributed by atoms with Crippen molar-refractivity contribution in [1.29, 1.82) is 0 Å². The van der Waals surface area contributed by atoms with E-state index in [1.807, 2.05) is 0 Å². The van der Waals surface area contributed by atoms with Crippen LogP contribution in [0.1, 0.15) is 24.0 Å². The summed E-state index contributed by atoms with van der Waals surface area (Å²) in [5.41, 5.74) is 17.6. The monoisotopic (exact) mass is 583 g/mol. The lowest BCUT2D eigenvalue weighted by molar-refractivity contribution is 0.952. The van der Waals surface area contributed by atoms with Crippen molar-refractivity contribution >= 4 is 21.5 Å². The SMILES string of the molecule is CC1c2ccccc2-c2nc(-c3ccc4c5c(cccc35)-c3c-4c(-c4ccccc4)c4ccccc4c3-c3ccccc3)ccc21. The van der Waals surface area contributed by atoms with Gasteiger partial charge in [-0.25, -0.2) is 4.98 Å². The first kappa shape index (κ1) is 25.5. The third kappa shape index (κ3) is 3.43. The fourth-order valence-electron chi connectivity index (χ4n) is 8.28. The van der Waals surface area contributed by atoms with Gasteiger partial charge >= 0.3 is 0 Å². The number of aromatic nitrogens is 1. The third-order valence-electron chi connectivity index (χ3n) is 10.3. The van der Waals surface area contributed by atoms with Gasteiger partial charge < -0.3 is 0 Å². The van der Waals surface area contributed by atoms with Gasteiger partial charge in [-0.3, -0.25) is 0 Å². The number of rotatable bonds is 3. The van der Waals surface area contributed by atoms with Crippen LogP contribution in [-0.2, 0) is 0 Å². The second-order valence-corrected chi connectivity index (χ2v) is 12.6. The summed E-state index contributed by atoms with van der Waals surface area (Å²) in [6.45, 7) is 2.29. The second kappa shape index (κ2) is 9.60. The van der Waals surface area contributed by atoms with Crippen LogP contribution < -0.4 is 0 Å². The van der Waals surface area contributed by atoms with Crippen LogP contribution in [0.2, 0.25) is 0 Å². The summed E-state index contributed by atoms with van der Waals surface area (Å²) in [6, 6.07) is 55.6. The van der Waals surface area contributed by atoms with Gasteiger partial charge in [0.25, 0.3) is 0 Å². The van der Waals surface area contributed by atoms with E-state index in [0.29, 0.717) is 5.92 Å². The smallest absolute Gasteiger partial charge is 0.0750 e. The van der Waals surface area contributed by atoms with Crippen molar-refractivity contribution in [3.63, 3.8) is 0 Å². The number of hydrogen-bond acceptors (Lipinski definition) is 1. The molecule has 0 aliphatic heterocycles. The summed E-state index contributed by atoms with van der Waals surface area (Å²) in [6.07, 6.45) is 0. The van der Waals surface area contributed by atoms with E-state index in [9.17, 15) is 0 Å². The van der Waals surface area contributed by atoms with Crippen molar-refractivity contribution in [2.24, 2.45) is 0 Å². The van der Waals surface area contributed by atoms with Gasteiger partial charge in [0.15, 0.2) is 0 Å². The van der Waals surface area contributed by atoms with Crippen molar-refractivity contribution in [2.75, 3.05) is 0 Å². The van der Waals surface area contributed by atoms with Gasteiger partial charge in [0.2, 0.25) is 0 Å². The molecule has 8 aromatic rings. The molecule has 0 saturated heterocycles. The largest absolute Gasteiger partial charge is 0.247 e. The number of hydrogen-bond donors (Lipinski definition) is 0. The molecule has 1 heterocycles. The summed E-state index contributed by atoms with van der Waals surface area (Å²) >= 11 is 0. The minimum atomic E-state index is 0.358. The fraction of sp³-hybridized carbons (Fsp3) is 0.0444. The quantitative estimate of drug-likeness (QED) is 0.202.